The zero-order chi connectivity index (χ0) is 13.0. The fraction of sp³-hybridized carbons (Fsp3) is 0.143. The standard InChI is InChI=1S/C14H14N2O2/c1-16(10-11-3-2-8-15-9-11)13-6-4-12(5-7-13)14(17)18/h2-9H,10H2,1H3,(H,17,18). The van der Waals surface area contributed by atoms with E-state index in [-0.39, 0.29) is 0 Å². The lowest BCUT2D eigenvalue weighted by Crippen LogP contribution is -2.16. The van der Waals surface area contributed by atoms with Gasteiger partial charge in [0.25, 0.3) is 0 Å². The summed E-state index contributed by atoms with van der Waals surface area (Å²) < 4.78 is 0. The molecular weight excluding hydrogens is 228 g/mol. The lowest BCUT2D eigenvalue weighted by molar-refractivity contribution is 0.0697. The summed E-state index contributed by atoms with van der Waals surface area (Å²) in [5.41, 5.74) is 2.39. The molecule has 0 unspecified atom stereocenters. The number of aromatic carboxylic acids is 1. The van der Waals surface area contributed by atoms with Crippen LogP contribution in [0.25, 0.3) is 0 Å². The van der Waals surface area contributed by atoms with Crippen LogP contribution in [0.3, 0.4) is 0 Å². The minimum absolute atomic E-state index is 0.300. The summed E-state index contributed by atoms with van der Waals surface area (Å²) in [5.74, 6) is -0.906. The number of nitrogens with zero attached hydrogens (tertiary/aromatic N) is 2. The molecule has 1 aromatic heterocycles. The summed E-state index contributed by atoms with van der Waals surface area (Å²) in [6.45, 7) is 0.736. The fourth-order valence-corrected chi connectivity index (χ4v) is 1.72. The number of anilines is 1. The quantitative estimate of drug-likeness (QED) is 0.894. The predicted molar refractivity (Wildman–Crippen MR) is 69.7 cm³/mol. The first-order valence-corrected chi connectivity index (χ1v) is 5.60. The van der Waals surface area contributed by atoms with E-state index in [0.717, 1.165) is 17.8 Å². The monoisotopic (exact) mass is 242 g/mol. The van der Waals surface area contributed by atoms with Crippen molar-refractivity contribution in [1.82, 2.24) is 4.98 Å². The fourth-order valence-electron chi connectivity index (χ4n) is 1.72. The van der Waals surface area contributed by atoms with Gasteiger partial charge in [0.1, 0.15) is 0 Å². The Labute approximate surface area is 106 Å². The maximum absolute atomic E-state index is 10.8. The molecule has 0 bridgehead atoms. The average Bonchev–Trinajstić information content (AvgIpc) is 2.40. The number of aromatic nitrogens is 1. The zero-order valence-electron chi connectivity index (χ0n) is 10.1. The summed E-state index contributed by atoms with van der Waals surface area (Å²) in [7, 11) is 1.96. The van der Waals surface area contributed by atoms with Crippen LogP contribution in [0, 0.1) is 0 Å². The number of hydrogen-bond acceptors (Lipinski definition) is 3. The van der Waals surface area contributed by atoms with Gasteiger partial charge in [-0.05, 0) is 35.9 Å². The second-order valence-electron chi connectivity index (χ2n) is 4.07. The number of hydrogen-bond donors (Lipinski definition) is 1. The summed E-state index contributed by atoms with van der Waals surface area (Å²) in [6.07, 6.45) is 3.56. The molecule has 1 N–H and O–H groups in total. The first-order valence-electron chi connectivity index (χ1n) is 5.60. The minimum Gasteiger partial charge on any atom is -0.478 e. The Morgan fingerprint density at radius 1 is 1.28 bits per heavy atom. The molecule has 1 aromatic carbocycles. The van der Waals surface area contributed by atoms with Crippen LogP contribution in [0.5, 0.6) is 0 Å². The van der Waals surface area contributed by atoms with E-state index in [1.165, 1.54) is 0 Å². The molecule has 0 fully saturated rings. The number of carbonyl (C=O) groups is 1. The molecule has 0 saturated heterocycles. The molecule has 2 aromatic rings. The Morgan fingerprint density at radius 2 is 2.00 bits per heavy atom. The second-order valence-corrected chi connectivity index (χ2v) is 4.07. The molecule has 0 amide bonds. The van der Waals surface area contributed by atoms with E-state index in [9.17, 15) is 4.79 Å². The summed E-state index contributed by atoms with van der Waals surface area (Å²) in [6, 6.07) is 10.7. The average molecular weight is 242 g/mol. The second kappa shape index (κ2) is 5.31. The van der Waals surface area contributed by atoms with Crippen LogP contribution >= 0.6 is 0 Å². The van der Waals surface area contributed by atoms with Gasteiger partial charge in [0, 0.05) is 31.7 Å². The maximum atomic E-state index is 10.8. The van der Waals surface area contributed by atoms with Gasteiger partial charge in [-0.25, -0.2) is 4.79 Å². The van der Waals surface area contributed by atoms with E-state index in [1.807, 2.05) is 30.3 Å². The van der Waals surface area contributed by atoms with Crippen LogP contribution in [-0.2, 0) is 6.54 Å². The van der Waals surface area contributed by atoms with Crippen LogP contribution in [0.4, 0.5) is 5.69 Å². The SMILES string of the molecule is CN(Cc1cccnc1)c1ccc(C(=O)O)cc1. The lowest BCUT2D eigenvalue weighted by atomic mass is 10.2. The summed E-state index contributed by atoms with van der Waals surface area (Å²) in [5, 5.41) is 8.83. The number of pyridine rings is 1. The van der Waals surface area contributed by atoms with Crippen molar-refractivity contribution in [2.24, 2.45) is 0 Å². The van der Waals surface area contributed by atoms with E-state index in [2.05, 4.69) is 4.98 Å². The van der Waals surface area contributed by atoms with Crippen LogP contribution in [-0.4, -0.2) is 23.1 Å². The molecule has 18 heavy (non-hydrogen) atoms. The van der Waals surface area contributed by atoms with Crippen LogP contribution in [0.15, 0.2) is 48.8 Å². The molecule has 0 aliphatic rings. The molecule has 92 valence electrons. The van der Waals surface area contributed by atoms with Gasteiger partial charge in [-0.1, -0.05) is 6.07 Å². The van der Waals surface area contributed by atoms with Gasteiger partial charge < -0.3 is 10.0 Å². The minimum atomic E-state index is -0.906. The normalized spacial score (nSPS) is 10.1. The lowest BCUT2D eigenvalue weighted by Gasteiger charge is -2.19. The van der Waals surface area contributed by atoms with Crippen molar-refractivity contribution >= 4 is 11.7 Å². The first kappa shape index (κ1) is 12.1. The third kappa shape index (κ3) is 2.85. The van der Waals surface area contributed by atoms with Gasteiger partial charge in [-0.3, -0.25) is 4.98 Å². The van der Waals surface area contributed by atoms with E-state index >= 15 is 0 Å². The number of carboxylic acids is 1. The molecular formula is C14H14N2O2. The summed E-state index contributed by atoms with van der Waals surface area (Å²) in [4.78, 5) is 16.9. The molecule has 2 rings (SSSR count). The van der Waals surface area contributed by atoms with E-state index < -0.39 is 5.97 Å². The van der Waals surface area contributed by atoms with Crippen molar-refractivity contribution in [3.63, 3.8) is 0 Å². The number of carboxylic acid groups (broad SMARTS) is 1. The maximum Gasteiger partial charge on any atom is 0.335 e. The van der Waals surface area contributed by atoms with Gasteiger partial charge in [-0.15, -0.1) is 0 Å². The van der Waals surface area contributed by atoms with Crippen molar-refractivity contribution in [1.29, 1.82) is 0 Å². The molecule has 0 aliphatic heterocycles. The highest BCUT2D eigenvalue weighted by Crippen LogP contribution is 2.16. The molecule has 4 heteroatoms. The van der Waals surface area contributed by atoms with Gasteiger partial charge in [0.15, 0.2) is 0 Å². The van der Waals surface area contributed by atoms with E-state index in [4.69, 9.17) is 5.11 Å². The third-order valence-corrected chi connectivity index (χ3v) is 2.70. The van der Waals surface area contributed by atoms with Crippen molar-refractivity contribution in [3.05, 3.63) is 59.9 Å². The highest BCUT2D eigenvalue weighted by molar-refractivity contribution is 5.88. The van der Waals surface area contributed by atoms with Crippen molar-refractivity contribution in [2.45, 2.75) is 6.54 Å². The number of benzene rings is 1. The van der Waals surface area contributed by atoms with Crippen molar-refractivity contribution < 1.29 is 9.90 Å². The van der Waals surface area contributed by atoms with Crippen LogP contribution < -0.4 is 4.90 Å². The topological polar surface area (TPSA) is 53.4 Å². The highest BCUT2D eigenvalue weighted by Gasteiger charge is 2.05. The van der Waals surface area contributed by atoms with E-state index in [1.54, 1.807) is 30.5 Å². The molecule has 0 atom stereocenters. The largest absolute Gasteiger partial charge is 0.478 e. The highest BCUT2D eigenvalue weighted by atomic mass is 16.4. The molecule has 0 radical (unpaired) electrons. The smallest absolute Gasteiger partial charge is 0.335 e. The van der Waals surface area contributed by atoms with Gasteiger partial charge in [0.2, 0.25) is 0 Å². The van der Waals surface area contributed by atoms with Gasteiger partial charge in [0.05, 0.1) is 5.56 Å². The van der Waals surface area contributed by atoms with Crippen LogP contribution in [0.2, 0.25) is 0 Å². The summed E-state index contributed by atoms with van der Waals surface area (Å²) >= 11 is 0. The molecule has 1 heterocycles. The van der Waals surface area contributed by atoms with Gasteiger partial charge in [-0.2, -0.15) is 0 Å². The molecule has 0 saturated carbocycles. The van der Waals surface area contributed by atoms with E-state index in [0.29, 0.717) is 5.56 Å². The molecule has 4 nitrogen and oxygen atoms in total. The predicted octanol–water partition coefficient (Wildman–Crippen LogP) is 2.42. The van der Waals surface area contributed by atoms with Crippen molar-refractivity contribution in [2.75, 3.05) is 11.9 Å². The van der Waals surface area contributed by atoms with Crippen LogP contribution in [0.1, 0.15) is 15.9 Å². The molecule has 0 aliphatic carbocycles. The first-order chi connectivity index (χ1) is 8.66. The Morgan fingerprint density at radius 3 is 2.56 bits per heavy atom. The Bertz CT molecular complexity index is 523. The zero-order valence-corrected chi connectivity index (χ0v) is 10.1. The third-order valence-electron chi connectivity index (χ3n) is 2.70. The Kier molecular flexibility index (Phi) is 3.57. The van der Waals surface area contributed by atoms with Crippen molar-refractivity contribution in [3.8, 4) is 0 Å². The molecule has 0 spiro atoms. The Balaban J connectivity index is 2.09. The number of rotatable bonds is 4. The Hall–Kier alpha value is -2.36. The van der Waals surface area contributed by atoms with Gasteiger partial charge >= 0.3 is 5.97 Å².